The SMILES string of the molecule is Br[C@@H]1C2CC([C@@H]1Br)[C@H](Br)[C@H]2Br. The molecule has 2 aliphatic carbocycles. The third-order valence-electron chi connectivity index (χ3n) is 2.79. The van der Waals surface area contributed by atoms with Crippen LogP contribution in [0.5, 0.6) is 0 Å². The summed E-state index contributed by atoms with van der Waals surface area (Å²) in [5, 5.41) is 0. The second-order valence-electron chi connectivity index (χ2n) is 3.34. The molecule has 0 heterocycles. The molecule has 11 heavy (non-hydrogen) atoms. The standard InChI is InChI=1S/C7H8Br4/c8-4-2-1-3(6(4)10)7(11)5(2)9/h2-7H,1H2/t2?,3?,4-,5-,6-,7+/m0/s1. The molecule has 2 unspecified atom stereocenters. The van der Waals surface area contributed by atoms with Gasteiger partial charge in [0.1, 0.15) is 0 Å². The van der Waals surface area contributed by atoms with Gasteiger partial charge in [0.25, 0.3) is 0 Å². The van der Waals surface area contributed by atoms with E-state index in [1.165, 1.54) is 6.42 Å². The molecular formula is C7H8Br4. The molecule has 6 atom stereocenters. The van der Waals surface area contributed by atoms with Crippen molar-refractivity contribution < 1.29 is 0 Å². The average molecular weight is 412 g/mol. The molecule has 0 aliphatic heterocycles. The van der Waals surface area contributed by atoms with Crippen molar-refractivity contribution in [3.05, 3.63) is 0 Å². The van der Waals surface area contributed by atoms with Crippen LogP contribution in [0.3, 0.4) is 0 Å². The van der Waals surface area contributed by atoms with Crippen LogP contribution in [0.15, 0.2) is 0 Å². The molecular weight excluding hydrogens is 404 g/mol. The number of rotatable bonds is 0. The van der Waals surface area contributed by atoms with Gasteiger partial charge >= 0.3 is 0 Å². The second-order valence-corrected chi connectivity index (χ2v) is 7.57. The minimum absolute atomic E-state index is 0.658. The van der Waals surface area contributed by atoms with Crippen molar-refractivity contribution in [2.24, 2.45) is 11.8 Å². The predicted octanol–water partition coefficient (Wildman–Crippen LogP) is 3.69. The fourth-order valence-electron chi connectivity index (χ4n) is 2.13. The monoisotopic (exact) mass is 408 g/mol. The zero-order valence-electron chi connectivity index (χ0n) is 5.68. The van der Waals surface area contributed by atoms with Gasteiger partial charge in [-0.3, -0.25) is 0 Å². The first-order valence-corrected chi connectivity index (χ1v) is 7.35. The Morgan fingerprint density at radius 1 is 0.636 bits per heavy atom. The first-order valence-electron chi connectivity index (χ1n) is 3.69. The van der Waals surface area contributed by atoms with Crippen LogP contribution >= 0.6 is 63.7 Å². The molecule has 4 heteroatoms. The van der Waals surface area contributed by atoms with Gasteiger partial charge in [-0.1, -0.05) is 63.7 Å². The molecule has 0 spiro atoms. The molecule has 2 bridgehead atoms. The summed E-state index contributed by atoms with van der Waals surface area (Å²) in [5.74, 6) is 1.60. The van der Waals surface area contributed by atoms with Gasteiger partial charge in [-0.2, -0.15) is 0 Å². The van der Waals surface area contributed by atoms with E-state index in [2.05, 4.69) is 63.7 Å². The van der Waals surface area contributed by atoms with E-state index in [-0.39, 0.29) is 0 Å². The summed E-state index contributed by atoms with van der Waals surface area (Å²) in [5.41, 5.74) is 0. The Bertz CT molecular complexity index is 138. The highest BCUT2D eigenvalue weighted by Crippen LogP contribution is 2.55. The van der Waals surface area contributed by atoms with E-state index in [0.29, 0.717) is 19.3 Å². The van der Waals surface area contributed by atoms with Gasteiger partial charge in [-0.15, -0.1) is 0 Å². The summed E-state index contributed by atoms with van der Waals surface area (Å²) in [6.07, 6.45) is 1.34. The lowest BCUT2D eigenvalue weighted by atomic mass is 10.0. The summed E-state index contributed by atoms with van der Waals surface area (Å²) < 4.78 is 0. The molecule has 2 aliphatic rings. The molecule has 64 valence electrons. The summed E-state index contributed by atoms with van der Waals surface area (Å²) in [4.78, 5) is 2.63. The number of hydrogen-bond donors (Lipinski definition) is 0. The van der Waals surface area contributed by atoms with Gasteiger partial charge in [0.05, 0.1) is 0 Å². The van der Waals surface area contributed by atoms with E-state index in [4.69, 9.17) is 0 Å². The molecule has 0 aromatic heterocycles. The number of fused-ring (bicyclic) bond motifs is 2. The normalized spacial score (nSPS) is 62.2. The predicted molar refractivity (Wildman–Crippen MR) is 62.5 cm³/mol. The van der Waals surface area contributed by atoms with Gasteiger partial charge in [0.2, 0.25) is 0 Å². The summed E-state index contributed by atoms with van der Waals surface area (Å²) in [6.45, 7) is 0. The highest BCUT2D eigenvalue weighted by atomic mass is 79.9. The van der Waals surface area contributed by atoms with Crippen molar-refractivity contribution in [3.63, 3.8) is 0 Å². The lowest BCUT2D eigenvalue weighted by Gasteiger charge is -2.30. The molecule has 2 rings (SSSR count). The maximum Gasteiger partial charge on any atom is 0.0313 e. The smallest absolute Gasteiger partial charge is 0.0313 e. The maximum absolute atomic E-state index is 3.73. The minimum Gasteiger partial charge on any atom is -0.0875 e. The summed E-state index contributed by atoms with van der Waals surface area (Å²) in [6, 6.07) is 0. The molecule has 0 saturated heterocycles. The quantitative estimate of drug-likeness (QED) is 0.533. The van der Waals surface area contributed by atoms with Crippen molar-refractivity contribution >= 4 is 63.7 Å². The second kappa shape index (κ2) is 3.25. The number of halogens is 4. The van der Waals surface area contributed by atoms with Crippen LogP contribution in [-0.4, -0.2) is 19.3 Å². The molecule has 2 fully saturated rings. The van der Waals surface area contributed by atoms with Crippen molar-refractivity contribution in [2.75, 3.05) is 0 Å². The zero-order valence-corrected chi connectivity index (χ0v) is 12.0. The molecule has 0 amide bonds. The van der Waals surface area contributed by atoms with Crippen molar-refractivity contribution in [1.29, 1.82) is 0 Å². The highest BCUT2D eigenvalue weighted by molar-refractivity contribution is 9.13. The molecule has 2 saturated carbocycles. The van der Waals surface area contributed by atoms with Gasteiger partial charge < -0.3 is 0 Å². The van der Waals surface area contributed by atoms with E-state index >= 15 is 0 Å². The van der Waals surface area contributed by atoms with E-state index < -0.39 is 0 Å². The minimum atomic E-state index is 0.658. The van der Waals surface area contributed by atoms with Gasteiger partial charge in [0, 0.05) is 19.3 Å². The Kier molecular flexibility index (Phi) is 2.80. The molecule has 0 nitrogen and oxygen atoms in total. The Morgan fingerprint density at radius 3 is 1.09 bits per heavy atom. The average Bonchev–Trinajstić information content (AvgIpc) is 2.40. The van der Waals surface area contributed by atoms with Crippen LogP contribution in [0.25, 0.3) is 0 Å². The summed E-state index contributed by atoms with van der Waals surface area (Å²) >= 11 is 14.9. The van der Waals surface area contributed by atoms with Gasteiger partial charge in [-0.05, 0) is 18.3 Å². The fraction of sp³-hybridized carbons (Fsp3) is 1.00. The van der Waals surface area contributed by atoms with Crippen LogP contribution in [-0.2, 0) is 0 Å². The molecule has 0 N–H and O–H groups in total. The molecule has 0 radical (unpaired) electrons. The first-order chi connectivity index (χ1) is 5.13. The summed E-state index contributed by atoms with van der Waals surface area (Å²) in [7, 11) is 0. The van der Waals surface area contributed by atoms with Crippen molar-refractivity contribution in [1.82, 2.24) is 0 Å². The molecule has 0 aromatic carbocycles. The molecule has 0 aromatic rings. The van der Waals surface area contributed by atoms with Gasteiger partial charge in [0.15, 0.2) is 0 Å². The lowest BCUT2D eigenvalue weighted by molar-refractivity contribution is 0.551. The number of alkyl halides is 4. The zero-order chi connectivity index (χ0) is 8.17. The van der Waals surface area contributed by atoms with Crippen molar-refractivity contribution in [2.45, 2.75) is 25.7 Å². The van der Waals surface area contributed by atoms with E-state index in [1.54, 1.807) is 0 Å². The Hall–Kier alpha value is 1.92. The largest absolute Gasteiger partial charge is 0.0875 e. The number of hydrogen-bond acceptors (Lipinski definition) is 0. The first kappa shape index (κ1) is 9.47. The van der Waals surface area contributed by atoms with Crippen LogP contribution in [0.1, 0.15) is 6.42 Å². The Labute approximate surface area is 100 Å². The van der Waals surface area contributed by atoms with Crippen LogP contribution < -0.4 is 0 Å². The van der Waals surface area contributed by atoms with Crippen LogP contribution in [0, 0.1) is 11.8 Å². The Balaban J connectivity index is 2.21. The highest BCUT2D eigenvalue weighted by Gasteiger charge is 2.54. The van der Waals surface area contributed by atoms with E-state index in [9.17, 15) is 0 Å². The third kappa shape index (κ3) is 1.31. The fourth-order valence-corrected chi connectivity index (χ4v) is 6.70. The maximum atomic E-state index is 3.73. The van der Waals surface area contributed by atoms with Crippen molar-refractivity contribution in [3.8, 4) is 0 Å². The van der Waals surface area contributed by atoms with Gasteiger partial charge in [-0.25, -0.2) is 0 Å². The van der Waals surface area contributed by atoms with E-state index in [0.717, 1.165) is 11.8 Å². The van der Waals surface area contributed by atoms with E-state index in [1.807, 2.05) is 0 Å². The van der Waals surface area contributed by atoms with Crippen LogP contribution in [0.2, 0.25) is 0 Å². The lowest BCUT2D eigenvalue weighted by Crippen LogP contribution is -2.36. The third-order valence-corrected chi connectivity index (χ3v) is 9.20. The van der Waals surface area contributed by atoms with Crippen LogP contribution in [0.4, 0.5) is 0 Å². The topological polar surface area (TPSA) is 0 Å². The Morgan fingerprint density at radius 2 is 0.909 bits per heavy atom.